The van der Waals surface area contributed by atoms with Crippen molar-refractivity contribution < 1.29 is 43.3 Å². The summed E-state index contributed by atoms with van der Waals surface area (Å²) in [7, 11) is 0. The topological polar surface area (TPSA) is 167 Å². The summed E-state index contributed by atoms with van der Waals surface area (Å²) >= 11 is 0. The Morgan fingerprint density at radius 3 is 1.52 bits per heavy atom. The molecule has 1 aliphatic rings. The molecule has 6 aromatic rings. The van der Waals surface area contributed by atoms with E-state index in [2.05, 4.69) is 10.6 Å². The molecule has 310 valence electrons. The van der Waals surface area contributed by atoms with Crippen LogP contribution in [0.3, 0.4) is 0 Å². The predicted molar refractivity (Wildman–Crippen MR) is 226 cm³/mol. The number of nitrogens with one attached hydrogen (secondary N) is 2. The number of carboxylic acid groups (broad SMARTS) is 1. The summed E-state index contributed by atoms with van der Waals surface area (Å²) < 4.78 is 19.7. The Morgan fingerprint density at radius 1 is 0.617 bits per heavy atom. The number of carbonyl (C=O) groups excluding carboxylic acids is 4. The van der Waals surface area contributed by atoms with Crippen molar-refractivity contribution in [1.82, 2.24) is 19.8 Å². The van der Waals surface area contributed by atoms with Crippen LogP contribution >= 0.6 is 0 Å². The number of ether oxygens (including phenoxy) is 3. The number of carbonyl (C=O) groups is 5. The number of hydrogen-bond acceptors (Lipinski definition) is 8. The lowest BCUT2D eigenvalue weighted by Crippen LogP contribution is -2.53. The zero-order valence-corrected chi connectivity index (χ0v) is 34.4. The number of hydrogen-bond donors (Lipinski definition) is 3. The molecule has 3 N–H and O–H groups in total. The first-order valence-electron chi connectivity index (χ1n) is 19.8. The van der Waals surface area contributed by atoms with Gasteiger partial charge in [0.15, 0.2) is 0 Å². The quantitative estimate of drug-likeness (QED) is 0.115. The van der Waals surface area contributed by atoms with Crippen LogP contribution in [0.1, 0.15) is 69.7 Å². The van der Waals surface area contributed by atoms with Gasteiger partial charge in [0.05, 0.1) is 11.0 Å². The first kappa shape index (κ1) is 41.3. The van der Waals surface area contributed by atoms with E-state index in [0.717, 1.165) is 22.3 Å². The summed E-state index contributed by atoms with van der Waals surface area (Å²) in [5, 5.41) is 17.0. The summed E-state index contributed by atoms with van der Waals surface area (Å²) in [6.07, 6.45) is 0.562. The van der Waals surface area contributed by atoms with Gasteiger partial charge in [0.1, 0.15) is 29.9 Å². The maximum Gasteiger partial charge on any atom is 0.419 e. The molecule has 0 fully saturated rings. The molecule has 0 spiro atoms. The molecular formula is C47H48N4O9. The molecule has 2 heterocycles. The number of aliphatic carboxylic acids is 1. The Labute approximate surface area is 347 Å². The van der Waals surface area contributed by atoms with Gasteiger partial charge in [0.2, 0.25) is 5.91 Å². The number of nitrogens with zero attached hydrogens (tertiary/aromatic N) is 2. The third-order valence-electron chi connectivity index (χ3n) is 10.2. The molecule has 0 unspecified atom stereocenters. The molecule has 0 bridgehead atoms. The van der Waals surface area contributed by atoms with Gasteiger partial charge in [-0.15, -0.1) is 0 Å². The van der Waals surface area contributed by atoms with Gasteiger partial charge in [-0.2, -0.15) is 0 Å². The van der Waals surface area contributed by atoms with E-state index in [1.54, 1.807) is 96.3 Å². The number of fused-ring (bicyclic) bond motifs is 5. The fourth-order valence-corrected chi connectivity index (χ4v) is 7.65. The molecule has 13 nitrogen and oxygen atoms in total. The van der Waals surface area contributed by atoms with Crippen molar-refractivity contribution in [2.24, 2.45) is 0 Å². The van der Waals surface area contributed by atoms with E-state index >= 15 is 0 Å². The molecule has 0 radical (unpaired) electrons. The molecule has 0 saturated carbocycles. The van der Waals surface area contributed by atoms with Crippen molar-refractivity contribution >= 4 is 52.0 Å². The van der Waals surface area contributed by atoms with Gasteiger partial charge >= 0.3 is 24.2 Å². The van der Waals surface area contributed by atoms with Crippen molar-refractivity contribution in [2.45, 2.75) is 83.6 Å². The van der Waals surface area contributed by atoms with Crippen LogP contribution in [0.5, 0.6) is 0 Å². The second-order valence-electron chi connectivity index (χ2n) is 16.9. The van der Waals surface area contributed by atoms with Gasteiger partial charge in [0, 0.05) is 41.9 Å². The zero-order chi connectivity index (χ0) is 42.9. The van der Waals surface area contributed by atoms with Crippen LogP contribution in [-0.4, -0.2) is 74.3 Å². The molecule has 60 heavy (non-hydrogen) atoms. The molecule has 2 amide bonds. The maximum atomic E-state index is 14.4. The lowest BCUT2D eigenvalue weighted by atomic mass is 9.98. The highest BCUT2D eigenvalue weighted by atomic mass is 16.6. The van der Waals surface area contributed by atoms with Gasteiger partial charge in [-0.1, -0.05) is 84.9 Å². The number of para-hydroxylation sites is 2. The van der Waals surface area contributed by atoms with Crippen LogP contribution in [0.4, 0.5) is 14.4 Å². The molecule has 0 saturated heterocycles. The molecule has 2 aromatic heterocycles. The molecule has 2 atom stereocenters. The van der Waals surface area contributed by atoms with Crippen LogP contribution in [-0.2, 0) is 36.6 Å². The summed E-state index contributed by atoms with van der Waals surface area (Å²) in [5.74, 6) is -2.39. The summed E-state index contributed by atoms with van der Waals surface area (Å²) in [4.78, 5) is 67.5. The maximum absolute atomic E-state index is 14.4. The first-order valence-corrected chi connectivity index (χ1v) is 19.8. The minimum Gasteiger partial charge on any atom is -0.480 e. The third-order valence-corrected chi connectivity index (χ3v) is 10.2. The highest BCUT2D eigenvalue weighted by Crippen LogP contribution is 2.44. The number of amides is 2. The largest absolute Gasteiger partial charge is 0.480 e. The van der Waals surface area contributed by atoms with Crippen molar-refractivity contribution in [3.05, 3.63) is 132 Å². The third kappa shape index (κ3) is 8.90. The average molecular weight is 813 g/mol. The summed E-state index contributed by atoms with van der Waals surface area (Å²) in [6, 6.07) is 27.1. The predicted octanol–water partition coefficient (Wildman–Crippen LogP) is 8.42. The van der Waals surface area contributed by atoms with Gasteiger partial charge in [-0.05, 0) is 87.1 Å². The minimum absolute atomic E-state index is 0.0222. The highest BCUT2D eigenvalue weighted by molar-refractivity contribution is 5.95. The summed E-state index contributed by atoms with van der Waals surface area (Å²) in [6.45, 7) is 10.5. The number of rotatable bonds is 10. The van der Waals surface area contributed by atoms with Crippen LogP contribution in [0.15, 0.2) is 109 Å². The first-order chi connectivity index (χ1) is 28.5. The van der Waals surface area contributed by atoms with Crippen LogP contribution < -0.4 is 10.6 Å². The van der Waals surface area contributed by atoms with Crippen molar-refractivity contribution in [1.29, 1.82) is 0 Å². The van der Waals surface area contributed by atoms with Crippen LogP contribution in [0.2, 0.25) is 0 Å². The highest BCUT2D eigenvalue weighted by Gasteiger charge is 2.33. The average Bonchev–Trinajstić information content (AvgIpc) is 3.85. The smallest absolute Gasteiger partial charge is 0.419 e. The van der Waals surface area contributed by atoms with E-state index < -0.39 is 53.4 Å². The molecule has 7 rings (SSSR count). The second-order valence-corrected chi connectivity index (χ2v) is 16.9. The Kier molecular flexibility index (Phi) is 11.3. The van der Waals surface area contributed by atoms with Crippen molar-refractivity contribution in [3.63, 3.8) is 0 Å². The number of aromatic nitrogens is 2. The standard InChI is InChI=1S/C47H48N4O9/c1-46(2,3)59-44(56)50-25-28(30-15-11-13-21-39(30)50)23-37(49-43(55)58-27-36-34-19-9-7-17-32(34)33-18-8-10-20-35(33)36)41(52)48-38(42(53)54)24-29-26-51(45(57)60-47(4,5)6)40-22-14-12-16-31(29)40/h7-22,25-26,36-38H,23-24,27H2,1-6H3,(H,48,52)(H,49,55)(H,53,54)/t37-,38-/m1/s1. The van der Waals surface area contributed by atoms with E-state index in [1.165, 1.54) is 15.3 Å². The van der Waals surface area contributed by atoms with Crippen molar-refractivity contribution in [3.8, 4) is 11.1 Å². The molecule has 13 heteroatoms. The van der Waals surface area contributed by atoms with Gasteiger partial charge in [0.25, 0.3) is 0 Å². The Bertz CT molecular complexity index is 2580. The van der Waals surface area contributed by atoms with Gasteiger partial charge in [-0.25, -0.2) is 19.2 Å². The molecule has 4 aromatic carbocycles. The van der Waals surface area contributed by atoms with Gasteiger partial charge < -0.3 is 30.0 Å². The van der Waals surface area contributed by atoms with E-state index in [-0.39, 0.29) is 25.4 Å². The molecule has 0 aliphatic heterocycles. The fourth-order valence-electron chi connectivity index (χ4n) is 7.65. The lowest BCUT2D eigenvalue weighted by molar-refractivity contribution is -0.142. The van der Waals surface area contributed by atoms with Crippen LogP contribution in [0.25, 0.3) is 32.9 Å². The Balaban J connectivity index is 1.17. The second kappa shape index (κ2) is 16.4. The molecule has 1 aliphatic carbocycles. The normalized spacial score (nSPS) is 13.6. The number of carboxylic acids is 1. The monoisotopic (exact) mass is 812 g/mol. The Morgan fingerprint density at radius 2 is 1.05 bits per heavy atom. The number of alkyl carbamates (subject to hydrolysis) is 1. The van der Waals surface area contributed by atoms with Gasteiger partial charge in [-0.3, -0.25) is 13.9 Å². The van der Waals surface area contributed by atoms with Crippen LogP contribution in [0, 0.1) is 0 Å². The van der Waals surface area contributed by atoms with Crippen molar-refractivity contribution in [2.75, 3.05) is 6.61 Å². The van der Waals surface area contributed by atoms with E-state index in [9.17, 15) is 29.1 Å². The van der Waals surface area contributed by atoms with E-state index in [0.29, 0.717) is 32.9 Å². The summed E-state index contributed by atoms with van der Waals surface area (Å²) in [5.41, 5.74) is 4.57. The lowest BCUT2D eigenvalue weighted by Gasteiger charge is -2.22. The Hall–Kier alpha value is -6.89. The minimum atomic E-state index is -1.48. The zero-order valence-electron chi connectivity index (χ0n) is 34.4. The van der Waals surface area contributed by atoms with E-state index in [4.69, 9.17) is 14.2 Å². The molecular weight excluding hydrogens is 765 g/mol. The SMILES string of the molecule is CC(C)(C)OC(=O)n1cc(C[C@@H](NC(=O)[C@@H](Cc2cn(C(=O)OC(C)(C)C)c3ccccc23)NC(=O)OCC2c3ccccc3-c3ccccc32)C(=O)O)c2ccccc21. The fraction of sp³-hybridized carbons (Fsp3) is 0.298. The van der Waals surface area contributed by atoms with E-state index in [1.807, 2.05) is 48.5 Å². The number of benzene rings is 4.